The number of pyridine rings is 1. The number of aromatic nitrogens is 1. The van der Waals surface area contributed by atoms with Crippen molar-refractivity contribution >= 4 is 5.91 Å². The largest absolute Gasteiger partial charge is 0.372 e. The number of rotatable bonds is 6. The van der Waals surface area contributed by atoms with Crippen molar-refractivity contribution in [1.29, 1.82) is 0 Å². The fourth-order valence-corrected chi connectivity index (χ4v) is 3.33. The van der Waals surface area contributed by atoms with E-state index in [0.717, 1.165) is 24.2 Å². The lowest BCUT2D eigenvalue weighted by Gasteiger charge is -2.52. The lowest BCUT2D eigenvalue weighted by Crippen LogP contribution is -2.67. The first kappa shape index (κ1) is 17.3. The Kier molecular flexibility index (Phi) is 5.48. The third-order valence-corrected chi connectivity index (χ3v) is 4.60. The van der Waals surface area contributed by atoms with Gasteiger partial charge in [-0.25, -0.2) is 0 Å². The van der Waals surface area contributed by atoms with E-state index in [9.17, 15) is 4.79 Å². The number of hydrogen-bond acceptors (Lipinski definition) is 5. The normalized spacial score (nSPS) is 22.4. The van der Waals surface area contributed by atoms with Gasteiger partial charge in [-0.05, 0) is 32.4 Å². The summed E-state index contributed by atoms with van der Waals surface area (Å²) in [5.41, 5.74) is 1.73. The number of aryl methyl sites for hydroxylation is 1. The van der Waals surface area contributed by atoms with Crippen molar-refractivity contribution < 1.29 is 19.0 Å². The predicted molar refractivity (Wildman–Crippen MR) is 88.5 cm³/mol. The van der Waals surface area contributed by atoms with Crippen molar-refractivity contribution in [3.63, 3.8) is 0 Å². The quantitative estimate of drug-likeness (QED) is 0.792. The van der Waals surface area contributed by atoms with E-state index in [2.05, 4.69) is 4.98 Å². The maximum atomic E-state index is 11.9. The first-order valence-corrected chi connectivity index (χ1v) is 8.64. The molecule has 1 atom stereocenters. The molecule has 2 saturated heterocycles. The van der Waals surface area contributed by atoms with Gasteiger partial charge in [-0.2, -0.15) is 0 Å². The van der Waals surface area contributed by atoms with Crippen LogP contribution in [-0.4, -0.2) is 60.4 Å². The molecule has 0 aromatic carbocycles. The van der Waals surface area contributed by atoms with Gasteiger partial charge in [0, 0.05) is 25.3 Å². The Balaban J connectivity index is 1.46. The SMILES string of the molecule is CCOCC(=O)N1CC2(CC(OCc3cccc(C)n3)CCO2)C1. The summed E-state index contributed by atoms with van der Waals surface area (Å²) in [6.07, 6.45) is 1.88. The van der Waals surface area contributed by atoms with Gasteiger partial charge >= 0.3 is 0 Å². The molecule has 1 spiro atoms. The molecular formula is C18H26N2O4. The van der Waals surface area contributed by atoms with Crippen LogP contribution in [0.4, 0.5) is 0 Å². The van der Waals surface area contributed by atoms with E-state index in [1.807, 2.05) is 32.0 Å². The van der Waals surface area contributed by atoms with E-state index >= 15 is 0 Å². The van der Waals surface area contributed by atoms with Crippen LogP contribution in [0.1, 0.15) is 31.2 Å². The second-order valence-electron chi connectivity index (χ2n) is 6.61. The van der Waals surface area contributed by atoms with Gasteiger partial charge in [0.2, 0.25) is 5.91 Å². The molecule has 0 bridgehead atoms. The highest BCUT2D eigenvalue weighted by molar-refractivity contribution is 5.78. The topological polar surface area (TPSA) is 60.9 Å². The molecule has 1 aromatic rings. The molecule has 2 fully saturated rings. The highest BCUT2D eigenvalue weighted by Gasteiger charge is 2.49. The zero-order chi connectivity index (χ0) is 17.0. The van der Waals surface area contributed by atoms with Crippen molar-refractivity contribution in [3.05, 3.63) is 29.6 Å². The van der Waals surface area contributed by atoms with Crippen molar-refractivity contribution in [2.24, 2.45) is 0 Å². The first-order chi connectivity index (χ1) is 11.6. The molecule has 24 heavy (non-hydrogen) atoms. The average molecular weight is 334 g/mol. The molecule has 2 aliphatic heterocycles. The molecule has 3 rings (SSSR count). The van der Waals surface area contributed by atoms with Gasteiger partial charge < -0.3 is 19.1 Å². The van der Waals surface area contributed by atoms with Crippen LogP contribution in [0.25, 0.3) is 0 Å². The van der Waals surface area contributed by atoms with E-state index in [0.29, 0.717) is 32.9 Å². The molecule has 0 saturated carbocycles. The minimum absolute atomic E-state index is 0.0399. The lowest BCUT2D eigenvalue weighted by molar-refractivity contribution is -0.204. The third kappa shape index (κ3) is 4.12. The molecule has 1 unspecified atom stereocenters. The second kappa shape index (κ2) is 7.59. The van der Waals surface area contributed by atoms with E-state index < -0.39 is 0 Å². The Morgan fingerprint density at radius 2 is 2.29 bits per heavy atom. The minimum atomic E-state index is -0.231. The highest BCUT2D eigenvalue weighted by atomic mass is 16.5. The molecule has 0 aliphatic carbocycles. The summed E-state index contributed by atoms with van der Waals surface area (Å²) in [4.78, 5) is 18.2. The summed E-state index contributed by atoms with van der Waals surface area (Å²) < 4.78 is 17.2. The number of carbonyl (C=O) groups excluding carboxylic acids is 1. The summed E-state index contributed by atoms with van der Waals surface area (Å²) in [7, 11) is 0. The van der Waals surface area contributed by atoms with Gasteiger partial charge in [-0.1, -0.05) is 6.07 Å². The number of nitrogens with zero attached hydrogens (tertiary/aromatic N) is 2. The highest BCUT2D eigenvalue weighted by Crippen LogP contribution is 2.35. The van der Waals surface area contributed by atoms with Crippen LogP contribution in [0.3, 0.4) is 0 Å². The number of likely N-dealkylation sites (tertiary alicyclic amines) is 1. The van der Waals surface area contributed by atoms with Crippen LogP contribution in [0, 0.1) is 6.92 Å². The molecule has 0 N–H and O–H groups in total. The molecule has 6 nitrogen and oxygen atoms in total. The fraction of sp³-hybridized carbons (Fsp3) is 0.667. The molecule has 2 aliphatic rings. The molecule has 6 heteroatoms. The third-order valence-electron chi connectivity index (χ3n) is 4.60. The molecule has 1 amide bonds. The van der Waals surface area contributed by atoms with E-state index in [4.69, 9.17) is 14.2 Å². The predicted octanol–water partition coefficient (Wildman–Crippen LogP) is 1.70. The second-order valence-corrected chi connectivity index (χ2v) is 6.61. The zero-order valence-electron chi connectivity index (χ0n) is 14.5. The molecule has 0 radical (unpaired) electrons. The van der Waals surface area contributed by atoms with Crippen molar-refractivity contribution in [2.75, 3.05) is 32.9 Å². The fourth-order valence-electron chi connectivity index (χ4n) is 3.33. The Hall–Kier alpha value is -1.50. The molecular weight excluding hydrogens is 308 g/mol. The van der Waals surface area contributed by atoms with E-state index in [1.165, 1.54) is 0 Å². The standard InChI is InChI=1S/C18H26N2O4/c1-3-22-11-17(21)20-12-18(13-20)9-16(7-8-24-18)23-10-15-6-4-5-14(2)19-15/h4-6,16H,3,7-13H2,1-2H3. The maximum Gasteiger partial charge on any atom is 0.248 e. The van der Waals surface area contributed by atoms with Crippen LogP contribution in [-0.2, 0) is 25.6 Å². The van der Waals surface area contributed by atoms with Gasteiger partial charge in [0.25, 0.3) is 0 Å². The number of hydrogen-bond donors (Lipinski definition) is 0. The van der Waals surface area contributed by atoms with Crippen molar-refractivity contribution in [2.45, 2.75) is 45.0 Å². The van der Waals surface area contributed by atoms with Crippen LogP contribution in [0.15, 0.2) is 18.2 Å². The number of ether oxygens (including phenoxy) is 3. The van der Waals surface area contributed by atoms with Gasteiger partial charge in [0.05, 0.1) is 31.5 Å². The van der Waals surface area contributed by atoms with Crippen LogP contribution in [0.5, 0.6) is 0 Å². The average Bonchev–Trinajstić information content (AvgIpc) is 2.56. The van der Waals surface area contributed by atoms with Crippen molar-refractivity contribution in [3.8, 4) is 0 Å². The molecule has 3 heterocycles. The summed E-state index contributed by atoms with van der Waals surface area (Å²) in [5.74, 6) is 0.0399. The molecule has 132 valence electrons. The van der Waals surface area contributed by atoms with Crippen LogP contribution >= 0.6 is 0 Å². The first-order valence-electron chi connectivity index (χ1n) is 8.64. The van der Waals surface area contributed by atoms with E-state index in [-0.39, 0.29) is 24.2 Å². The van der Waals surface area contributed by atoms with Crippen LogP contribution in [0.2, 0.25) is 0 Å². The lowest BCUT2D eigenvalue weighted by atomic mass is 9.84. The Morgan fingerprint density at radius 3 is 3.04 bits per heavy atom. The number of carbonyl (C=O) groups is 1. The summed E-state index contributed by atoms with van der Waals surface area (Å²) in [5, 5.41) is 0. The van der Waals surface area contributed by atoms with Gasteiger partial charge in [0.1, 0.15) is 12.2 Å². The Morgan fingerprint density at radius 1 is 1.46 bits per heavy atom. The van der Waals surface area contributed by atoms with Crippen molar-refractivity contribution in [1.82, 2.24) is 9.88 Å². The molecule has 1 aromatic heterocycles. The maximum absolute atomic E-state index is 11.9. The summed E-state index contributed by atoms with van der Waals surface area (Å²) in [6.45, 7) is 7.07. The Bertz CT molecular complexity index is 572. The Labute approximate surface area is 143 Å². The van der Waals surface area contributed by atoms with Gasteiger partial charge in [-0.3, -0.25) is 9.78 Å². The van der Waals surface area contributed by atoms with Crippen LogP contribution < -0.4 is 0 Å². The summed E-state index contributed by atoms with van der Waals surface area (Å²) >= 11 is 0. The van der Waals surface area contributed by atoms with Gasteiger partial charge in [0.15, 0.2) is 0 Å². The summed E-state index contributed by atoms with van der Waals surface area (Å²) in [6, 6.07) is 5.97. The zero-order valence-corrected chi connectivity index (χ0v) is 14.5. The minimum Gasteiger partial charge on any atom is -0.372 e. The smallest absolute Gasteiger partial charge is 0.248 e. The number of amides is 1. The monoisotopic (exact) mass is 334 g/mol. The van der Waals surface area contributed by atoms with E-state index in [1.54, 1.807) is 4.90 Å². The van der Waals surface area contributed by atoms with Gasteiger partial charge in [-0.15, -0.1) is 0 Å².